The summed E-state index contributed by atoms with van der Waals surface area (Å²) in [4.78, 5) is 4.59. The van der Waals surface area contributed by atoms with Crippen LogP contribution in [-0.2, 0) is 11.3 Å². The Morgan fingerprint density at radius 2 is 2.06 bits per heavy atom. The number of nitrogens with two attached hydrogens (primary N) is 1. The minimum atomic E-state index is 0.562. The van der Waals surface area contributed by atoms with Gasteiger partial charge >= 0.3 is 0 Å². The molecule has 0 saturated carbocycles. The van der Waals surface area contributed by atoms with Gasteiger partial charge in [0.05, 0.1) is 12.1 Å². The Kier molecular flexibility index (Phi) is 2.79. The van der Waals surface area contributed by atoms with E-state index in [2.05, 4.69) is 4.98 Å². The lowest BCUT2D eigenvalue weighted by Gasteiger charge is -2.11. The Bertz CT molecular complexity index is 535. The molecule has 2 aromatic rings. The third-order valence-corrected chi connectivity index (χ3v) is 2.94. The fourth-order valence-corrected chi connectivity index (χ4v) is 1.86. The molecule has 0 unspecified atom stereocenters. The van der Waals surface area contributed by atoms with E-state index in [1.54, 1.807) is 7.11 Å². The fraction of sp³-hybridized carbons (Fsp3) is 0.308. The van der Waals surface area contributed by atoms with E-state index in [1.807, 2.05) is 32.0 Å². The summed E-state index contributed by atoms with van der Waals surface area (Å²) < 4.78 is 5.17. The lowest BCUT2D eigenvalue weighted by atomic mass is 10.0. The molecule has 0 bridgehead atoms. The number of pyridine rings is 1. The summed E-state index contributed by atoms with van der Waals surface area (Å²) in [6.45, 7) is 4.54. The van der Waals surface area contributed by atoms with Crippen LogP contribution >= 0.6 is 0 Å². The van der Waals surface area contributed by atoms with Crippen LogP contribution in [0.2, 0.25) is 0 Å². The van der Waals surface area contributed by atoms with Crippen molar-refractivity contribution in [1.82, 2.24) is 4.98 Å². The van der Waals surface area contributed by atoms with Crippen LogP contribution in [0, 0.1) is 13.8 Å². The van der Waals surface area contributed by atoms with E-state index in [4.69, 9.17) is 10.5 Å². The molecule has 0 aliphatic carbocycles. The van der Waals surface area contributed by atoms with Crippen molar-refractivity contribution in [1.29, 1.82) is 0 Å². The van der Waals surface area contributed by atoms with E-state index in [1.165, 1.54) is 0 Å². The van der Waals surface area contributed by atoms with Gasteiger partial charge in [-0.1, -0.05) is 18.2 Å². The Morgan fingerprint density at radius 1 is 1.31 bits per heavy atom. The first kappa shape index (κ1) is 10.9. The molecule has 1 aromatic heterocycles. The highest BCUT2D eigenvalue weighted by Gasteiger charge is 2.09. The maximum atomic E-state index is 6.10. The van der Waals surface area contributed by atoms with Gasteiger partial charge in [0.1, 0.15) is 0 Å². The quantitative estimate of drug-likeness (QED) is 0.839. The third-order valence-electron chi connectivity index (χ3n) is 2.94. The third kappa shape index (κ3) is 1.63. The second kappa shape index (κ2) is 4.10. The molecule has 0 fully saturated rings. The number of nitrogens with zero attached hydrogens (tertiary/aromatic N) is 1. The molecule has 2 N–H and O–H groups in total. The van der Waals surface area contributed by atoms with Gasteiger partial charge in [0.15, 0.2) is 0 Å². The Balaban J connectivity index is 2.78. The van der Waals surface area contributed by atoms with Gasteiger partial charge in [-0.05, 0) is 19.4 Å². The van der Waals surface area contributed by atoms with Crippen molar-refractivity contribution in [3.63, 3.8) is 0 Å². The number of nitrogen functional groups attached to an aromatic ring is 1. The number of rotatable bonds is 2. The molecule has 16 heavy (non-hydrogen) atoms. The molecule has 0 atom stereocenters. The van der Waals surface area contributed by atoms with Crippen LogP contribution in [-0.4, -0.2) is 12.1 Å². The van der Waals surface area contributed by atoms with Crippen molar-refractivity contribution in [3.8, 4) is 0 Å². The Morgan fingerprint density at radius 3 is 2.75 bits per heavy atom. The van der Waals surface area contributed by atoms with Gasteiger partial charge < -0.3 is 10.5 Å². The molecule has 3 heteroatoms. The minimum Gasteiger partial charge on any atom is -0.398 e. The van der Waals surface area contributed by atoms with Crippen molar-refractivity contribution < 1.29 is 4.74 Å². The first-order valence-corrected chi connectivity index (χ1v) is 5.28. The maximum absolute atomic E-state index is 6.10. The van der Waals surface area contributed by atoms with Gasteiger partial charge in [-0.25, -0.2) is 0 Å². The highest BCUT2D eigenvalue weighted by Crippen LogP contribution is 2.27. The lowest BCUT2D eigenvalue weighted by molar-refractivity contribution is 0.186. The average Bonchev–Trinajstić information content (AvgIpc) is 2.28. The van der Waals surface area contributed by atoms with Gasteiger partial charge in [0, 0.05) is 29.4 Å². The zero-order chi connectivity index (χ0) is 11.7. The second-order valence-electron chi connectivity index (χ2n) is 3.98. The van der Waals surface area contributed by atoms with Gasteiger partial charge in [-0.15, -0.1) is 0 Å². The van der Waals surface area contributed by atoms with Crippen LogP contribution in [0.25, 0.3) is 10.9 Å². The van der Waals surface area contributed by atoms with Gasteiger partial charge in [-0.3, -0.25) is 4.98 Å². The molecular weight excluding hydrogens is 200 g/mol. The van der Waals surface area contributed by atoms with Crippen LogP contribution in [0.5, 0.6) is 0 Å². The number of hydrogen-bond acceptors (Lipinski definition) is 3. The number of ether oxygens (including phenoxy) is 1. The van der Waals surface area contributed by atoms with Crippen LogP contribution in [0.1, 0.15) is 16.8 Å². The van der Waals surface area contributed by atoms with E-state index in [9.17, 15) is 0 Å². The number of hydrogen-bond donors (Lipinski definition) is 1. The molecule has 0 aliphatic heterocycles. The van der Waals surface area contributed by atoms with Crippen molar-refractivity contribution in [2.75, 3.05) is 12.8 Å². The average molecular weight is 216 g/mol. The zero-order valence-electron chi connectivity index (χ0n) is 9.87. The number of para-hydroxylation sites is 1. The van der Waals surface area contributed by atoms with Gasteiger partial charge in [0.25, 0.3) is 0 Å². The lowest BCUT2D eigenvalue weighted by Crippen LogP contribution is -2.00. The monoisotopic (exact) mass is 216 g/mol. The summed E-state index contributed by atoms with van der Waals surface area (Å²) in [5, 5.41) is 1.01. The molecule has 0 spiro atoms. The molecule has 2 rings (SSSR count). The molecule has 0 radical (unpaired) electrons. The summed E-state index contributed by atoms with van der Waals surface area (Å²) in [6.07, 6.45) is 0. The Labute approximate surface area is 95.2 Å². The standard InChI is InChI=1S/C13H16N2O/c1-8-9(2)15-13-10(7-16-3)5-4-6-11(13)12(8)14/h4-6H,7H2,1-3H3,(H2,14,15). The van der Waals surface area contributed by atoms with Crippen LogP contribution in [0.15, 0.2) is 18.2 Å². The summed E-state index contributed by atoms with van der Waals surface area (Å²) in [5.41, 5.74) is 11.0. The second-order valence-corrected chi connectivity index (χ2v) is 3.98. The molecule has 0 saturated heterocycles. The number of fused-ring (bicyclic) bond motifs is 1. The summed E-state index contributed by atoms with van der Waals surface area (Å²) >= 11 is 0. The number of benzene rings is 1. The first-order valence-electron chi connectivity index (χ1n) is 5.28. The van der Waals surface area contributed by atoms with Crippen molar-refractivity contribution in [3.05, 3.63) is 35.0 Å². The largest absolute Gasteiger partial charge is 0.398 e. The van der Waals surface area contributed by atoms with Crippen LogP contribution < -0.4 is 5.73 Å². The van der Waals surface area contributed by atoms with Gasteiger partial charge in [-0.2, -0.15) is 0 Å². The van der Waals surface area contributed by atoms with E-state index in [0.29, 0.717) is 6.61 Å². The molecule has 84 valence electrons. The normalized spacial score (nSPS) is 10.9. The zero-order valence-corrected chi connectivity index (χ0v) is 9.87. The van der Waals surface area contributed by atoms with E-state index in [-0.39, 0.29) is 0 Å². The number of aryl methyl sites for hydroxylation is 1. The first-order chi connectivity index (χ1) is 7.65. The predicted molar refractivity (Wildman–Crippen MR) is 66.3 cm³/mol. The predicted octanol–water partition coefficient (Wildman–Crippen LogP) is 2.58. The topological polar surface area (TPSA) is 48.1 Å². The molecular formula is C13H16N2O. The van der Waals surface area contributed by atoms with Crippen molar-refractivity contribution in [2.45, 2.75) is 20.5 Å². The molecule has 1 heterocycles. The number of methoxy groups -OCH3 is 1. The van der Waals surface area contributed by atoms with Crippen LogP contribution in [0.4, 0.5) is 5.69 Å². The van der Waals surface area contributed by atoms with Crippen LogP contribution in [0.3, 0.4) is 0 Å². The summed E-state index contributed by atoms with van der Waals surface area (Å²) in [7, 11) is 1.68. The molecule has 0 aliphatic rings. The van der Waals surface area contributed by atoms with Crippen molar-refractivity contribution in [2.24, 2.45) is 0 Å². The van der Waals surface area contributed by atoms with Gasteiger partial charge in [0.2, 0.25) is 0 Å². The Hall–Kier alpha value is -1.61. The molecule has 1 aromatic carbocycles. The van der Waals surface area contributed by atoms with E-state index >= 15 is 0 Å². The fourth-order valence-electron chi connectivity index (χ4n) is 1.86. The SMILES string of the molecule is COCc1cccc2c(N)c(C)c(C)nc12. The minimum absolute atomic E-state index is 0.562. The highest BCUT2D eigenvalue weighted by molar-refractivity contribution is 5.93. The smallest absolute Gasteiger partial charge is 0.0781 e. The highest BCUT2D eigenvalue weighted by atomic mass is 16.5. The van der Waals surface area contributed by atoms with E-state index in [0.717, 1.165) is 33.4 Å². The van der Waals surface area contributed by atoms with E-state index < -0.39 is 0 Å². The summed E-state index contributed by atoms with van der Waals surface area (Å²) in [5.74, 6) is 0. The number of aromatic nitrogens is 1. The molecule has 0 amide bonds. The maximum Gasteiger partial charge on any atom is 0.0781 e. The molecule has 3 nitrogen and oxygen atoms in total. The van der Waals surface area contributed by atoms with Crippen molar-refractivity contribution >= 4 is 16.6 Å². The summed E-state index contributed by atoms with van der Waals surface area (Å²) in [6, 6.07) is 6.01. The number of anilines is 1.